The van der Waals surface area contributed by atoms with Gasteiger partial charge in [-0.25, -0.2) is 9.67 Å². The van der Waals surface area contributed by atoms with E-state index in [2.05, 4.69) is 15.4 Å². The summed E-state index contributed by atoms with van der Waals surface area (Å²) in [4.78, 5) is 29.0. The number of rotatable bonds is 7. The Labute approximate surface area is 192 Å². The third-order valence-electron chi connectivity index (χ3n) is 4.38. The van der Waals surface area contributed by atoms with Crippen molar-refractivity contribution in [2.75, 3.05) is 5.32 Å². The molecule has 0 aliphatic carbocycles. The number of nitrogens with zero attached hydrogens (tertiary/aromatic N) is 4. The topological polar surface area (TPSA) is 103 Å². The molecule has 1 heterocycles. The quantitative estimate of drug-likeness (QED) is 0.293. The smallest absolute Gasteiger partial charge is 0.269 e. The van der Waals surface area contributed by atoms with E-state index in [0.717, 1.165) is 9.79 Å². The number of non-ortho nitro benzene ring substituents is 1. The van der Waals surface area contributed by atoms with Crippen LogP contribution in [-0.2, 0) is 11.3 Å². The van der Waals surface area contributed by atoms with E-state index in [1.54, 1.807) is 12.1 Å². The summed E-state index contributed by atoms with van der Waals surface area (Å²) < 4.78 is 1.42. The van der Waals surface area contributed by atoms with Crippen LogP contribution in [0.5, 0.6) is 0 Å². The van der Waals surface area contributed by atoms with E-state index in [9.17, 15) is 14.9 Å². The molecule has 4 rings (SSSR count). The summed E-state index contributed by atoms with van der Waals surface area (Å²) in [6, 6.07) is 20.9. The number of amides is 1. The van der Waals surface area contributed by atoms with E-state index in [1.807, 2.05) is 48.5 Å². The number of carbonyl (C=O) groups excluding carboxylic acids is 1. The fraction of sp³-hybridized carbons (Fsp3) is 0.0455. The third kappa shape index (κ3) is 5.32. The second-order valence-corrected chi connectivity index (χ2v) is 8.22. The Kier molecular flexibility index (Phi) is 6.48. The van der Waals surface area contributed by atoms with Gasteiger partial charge in [-0.1, -0.05) is 35.5 Å². The van der Waals surface area contributed by atoms with Gasteiger partial charge in [0.1, 0.15) is 12.9 Å². The molecule has 0 saturated heterocycles. The van der Waals surface area contributed by atoms with E-state index in [0.29, 0.717) is 22.1 Å². The number of hydrogen-bond acceptors (Lipinski definition) is 6. The lowest BCUT2D eigenvalue weighted by Gasteiger charge is -2.11. The molecule has 1 aromatic heterocycles. The van der Waals surface area contributed by atoms with E-state index >= 15 is 0 Å². The van der Waals surface area contributed by atoms with Crippen LogP contribution >= 0.6 is 23.4 Å². The maximum atomic E-state index is 12.6. The fourth-order valence-corrected chi connectivity index (χ4v) is 3.89. The molecular weight excluding hydrogens is 450 g/mol. The molecule has 1 amide bonds. The maximum Gasteiger partial charge on any atom is 0.269 e. The number of hydrogen-bond donors (Lipinski definition) is 1. The minimum atomic E-state index is -0.469. The van der Waals surface area contributed by atoms with Crippen molar-refractivity contribution >= 4 is 40.6 Å². The second kappa shape index (κ2) is 9.63. The van der Waals surface area contributed by atoms with Gasteiger partial charge >= 0.3 is 0 Å². The highest BCUT2D eigenvalue weighted by molar-refractivity contribution is 7.99. The summed E-state index contributed by atoms with van der Waals surface area (Å²) in [6.45, 7) is -0.0278. The molecule has 1 N–H and O–H groups in total. The molecule has 0 radical (unpaired) electrons. The molecular formula is C22H16ClN5O3S. The maximum absolute atomic E-state index is 12.6. The number of benzene rings is 3. The van der Waals surface area contributed by atoms with Gasteiger partial charge in [-0.2, -0.15) is 5.10 Å². The standard InChI is InChI=1S/C22H16ClN5O3S/c23-16-7-11-18(12-8-16)32-20-4-2-1-3-19(20)25-21(29)13-27-14-24-22(26-27)15-5-9-17(10-6-15)28(30)31/h1-12,14H,13H2,(H,25,29). The van der Waals surface area contributed by atoms with Crippen molar-refractivity contribution in [2.24, 2.45) is 0 Å². The number of anilines is 1. The Balaban J connectivity index is 1.42. The van der Waals surface area contributed by atoms with Gasteiger partial charge in [-0.3, -0.25) is 14.9 Å². The van der Waals surface area contributed by atoms with Gasteiger partial charge in [0.2, 0.25) is 5.91 Å². The molecule has 0 aliphatic rings. The number of halogens is 1. The number of aromatic nitrogens is 3. The van der Waals surface area contributed by atoms with Crippen LogP contribution in [0.4, 0.5) is 11.4 Å². The summed E-state index contributed by atoms with van der Waals surface area (Å²) in [5.74, 6) is 0.126. The van der Waals surface area contributed by atoms with Gasteiger partial charge in [0, 0.05) is 32.5 Å². The Hall–Kier alpha value is -3.69. The molecule has 32 heavy (non-hydrogen) atoms. The lowest BCUT2D eigenvalue weighted by Crippen LogP contribution is -2.19. The van der Waals surface area contributed by atoms with E-state index in [-0.39, 0.29) is 18.1 Å². The minimum Gasteiger partial charge on any atom is -0.323 e. The molecule has 0 spiro atoms. The second-order valence-electron chi connectivity index (χ2n) is 6.67. The molecule has 0 atom stereocenters. The molecule has 0 bridgehead atoms. The summed E-state index contributed by atoms with van der Waals surface area (Å²) in [5, 5.41) is 18.6. The average Bonchev–Trinajstić information content (AvgIpc) is 3.25. The predicted octanol–water partition coefficient (Wildman–Crippen LogP) is 5.30. The molecule has 3 aromatic carbocycles. The Morgan fingerprint density at radius 3 is 2.50 bits per heavy atom. The first-order chi connectivity index (χ1) is 15.5. The summed E-state index contributed by atoms with van der Waals surface area (Å²) in [7, 11) is 0. The van der Waals surface area contributed by atoms with Crippen molar-refractivity contribution in [3.8, 4) is 11.4 Å². The number of nitro benzene ring substituents is 1. The minimum absolute atomic E-state index is 0.0114. The largest absolute Gasteiger partial charge is 0.323 e. The summed E-state index contributed by atoms with van der Waals surface area (Å²) in [5.41, 5.74) is 1.30. The number of nitrogens with one attached hydrogen (secondary N) is 1. The average molecular weight is 466 g/mol. The Morgan fingerprint density at radius 1 is 1.06 bits per heavy atom. The fourth-order valence-electron chi connectivity index (χ4n) is 2.86. The molecule has 0 fully saturated rings. The third-order valence-corrected chi connectivity index (χ3v) is 5.72. The Morgan fingerprint density at radius 2 is 1.78 bits per heavy atom. The first-order valence-corrected chi connectivity index (χ1v) is 10.6. The van der Waals surface area contributed by atoms with Crippen LogP contribution in [0, 0.1) is 10.1 Å². The normalized spacial score (nSPS) is 10.7. The van der Waals surface area contributed by atoms with Crippen molar-refractivity contribution in [1.29, 1.82) is 0 Å². The number of para-hydroxylation sites is 1. The molecule has 10 heteroatoms. The zero-order chi connectivity index (χ0) is 22.5. The van der Waals surface area contributed by atoms with Crippen LogP contribution in [0.15, 0.2) is 88.9 Å². The highest BCUT2D eigenvalue weighted by Crippen LogP contribution is 2.33. The van der Waals surface area contributed by atoms with Crippen LogP contribution < -0.4 is 5.32 Å². The van der Waals surface area contributed by atoms with Gasteiger partial charge in [0.05, 0.1) is 10.6 Å². The van der Waals surface area contributed by atoms with Gasteiger partial charge in [-0.05, 0) is 48.5 Å². The number of nitro groups is 1. The van der Waals surface area contributed by atoms with Crippen LogP contribution in [-0.4, -0.2) is 25.6 Å². The van der Waals surface area contributed by atoms with Crippen molar-refractivity contribution in [3.05, 3.63) is 94.3 Å². The molecule has 0 saturated carbocycles. The highest BCUT2D eigenvalue weighted by atomic mass is 35.5. The predicted molar refractivity (Wildman–Crippen MR) is 123 cm³/mol. The molecule has 160 valence electrons. The van der Waals surface area contributed by atoms with Crippen molar-refractivity contribution in [1.82, 2.24) is 14.8 Å². The van der Waals surface area contributed by atoms with E-state index < -0.39 is 4.92 Å². The Bertz CT molecular complexity index is 1260. The van der Waals surface area contributed by atoms with Crippen LogP contribution in [0.1, 0.15) is 0 Å². The lowest BCUT2D eigenvalue weighted by molar-refractivity contribution is -0.384. The van der Waals surface area contributed by atoms with E-state index in [4.69, 9.17) is 11.6 Å². The van der Waals surface area contributed by atoms with Crippen LogP contribution in [0.2, 0.25) is 5.02 Å². The monoisotopic (exact) mass is 465 g/mol. The van der Waals surface area contributed by atoms with Crippen molar-refractivity contribution in [3.63, 3.8) is 0 Å². The van der Waals surface area contributed by atoms with Crippen molar-refractivity contribution < 1.29 is 9.72 Å². The lowest BCUT2D eigenvalue weighted by atomic mass is 10.2. The highest BCUT2D eigenvalue weighted by Gasteiger charge is 2.12. The zero-order valence-electron chi connectivity index (χ0n) is 16.5. The van der Waals surface area contributed by atoms with Gasteiger partial charge < -0.3 is 5.32 Å². The molecule has 4 aromatic rings. The van der Waals surface area contributed by atoms with E-state index in [1.165, 1.54) is 34.9 Å². The van der Waals surface area contributed by atoms with Crippen molar-refractivity contribution in [2.45, 2.75) is 16.3 Å². The molecule has 0 unspecified atom stereocenters. The van der Waals surface area contributed by atoms with Gasteiger partial charge in [-0.15, -0.1) is 0 Å². The summed E-state index contributed by atoms with van der Waals surface area (Å²) >= 11 is 7.47. The summed E-state index contributed by atoms with van der Waals surface area (Å²) in [6.07, 6.45) is 1.45. The van der Waals surface area contributed by atoms with Crippen LogP contribution in [0.3, 0.4) is 0 Å². The molecule has 8 nitrogen and oxygen atoms in total. The SMILES string of the molecule is O=C(Cn1cnc(-c2ccc([N+](=O)[O-])cc2)n1)Nc1ccccc1Sc1ccc(Cl)cc1. The zero-order valence-corrected chi connectivity index (χ0v) is 18.1. The first kappa shape index (κ1) is 21.5. The van der Waals surface area contributed by atoms with Gasteiger partial charge in [0.25, 0.3) is 5.69 Å². The number of carbonyl (C=O) groups is 1. The van der Waals surface area contributed by atoms with Gasteiger partial charge in [0.15, 0.2) is 5.82 Å². The molecule has 0 aliphatic heterocycles. The first-order valence-electron chi connectivity index (χ1n) is 9.44. The van der Waals surface area contributed by atoms with Crippen LogP contribution in [0.25, 0.3) is 11.4 Å².